The van der Waals surface area contributed by atoms with Gasteiger partial charge < -0.3 is 103 Å². The molecule has 23 nitrogen and oxygen atoms in total. The molecule has 4 fully saturated rings. The molecular weight excluding hydrogens is 991 g/mol. The summed E-state index contributed by atoms with van der Waals surface area (Å²) in [5, 5.41) is 98.3. The highest BCUT2D eigenvalue weighted by molar-refractivity contribution is 5.91. The van der Waals surface area contributed by atoms with Gasteiger partial charge in [0.05, 0.1) is 69.9 Å². The van der Waals surface area contributed by atoms with E-state index < -0.39 is 177 Å². The van der Waals surface area contributed by atoms with Gasteiger partial charge in [-0.15, -0.1) is 0 Å². The van der Waals surface area contributed by atoms with Crippen LogP contribution < -0.4 is 4.90 Å². The van der Waals surface area contributed by atoms with Crippen LogP contribution in [-0.4, -0.2) is 240 Å². The quantitative estimate of drug-likeness (QED) is 0.0750. The molecule has 5 heterocycles. The third-order valence-electron chi connectivity index (χ3n) is 15.7. The van der Waals surface area contributed by atoms with E-state index in [1.54, 1.807) is 61.7 Å². The van der Waals surface area contributed by atoms with Crippen LogP contribution in [0.25, 0.3) is 0 Å². The molecule has 5 aliphatic heterocycles. The number of quaternary nitrogens is 1. The van der Waals surface area contributed by atoms with E-state index in [1.807, 2.05) is 13.0 Å². The number of methoxy groups -OCH3 is 2. The number of allylic oxidation sites excluding steroid dienone is 3. The lowest BCUT2D eigenvalue weighted by molar-refractivity contribution is -0.899. The molecule has 0 aromatic rings. The minimum Gasteiger partial charge on any atom is -0.462 e. The van der Waals surface area contributed by atoms with Crippen molar-refractivity contribution in [2.75, 3.05) is 48.1 Å². The predicted molar refractivity (Wildman–Crippen MR) is 263 cm³/mol. The summed E-state index contributed by atoms with van der Waals surface area (Å²) in [7, 11) is 6.49. The van der Waals surface area contributed by atoms with Crippen molar-refractivity contribution < 1.29 is 113 Å². The number of rotatable bonds is 16. The molecule has 4 saturated heterocycles. The van der Waals surface area contributed by atoms with Crippen LogP contribution in [0.2, 0.25) is 0 Å². The Balaban J connectivity index is 1.52. The molecule has 0 aliphatic carbocycles. The van der Waals surface area contributed by atoms with E-state index in [0.717, 1.165) is 0 Å². The molecule has 434 valence electrons. The third-order valence-corrected chi connectivity index (χ3v) is 15.7. The van der Waals surface area contributed by atoms with Crippen molar-refractivity contribution >= 4 is 11.8 Å². The second kappa shape index (κ2) is 28.3. The van der Waals surface area contributed by atoms with E-state index in [2.05, 4.69) is 0 Å². The highest BCUT2D eigenvalue weighted by Crippen LogP contribution is 2.38. The average molecular weight is 1080 g/mol. The van der Waals surface area contributed by atoms with Crippen molar-refractivity contribution in [1.29, 1.82) is 0 Å². The first kappa shape index (κ1) is 63.6. The fourth-order valence-electron chi connectivity index (χ4n) is 11.2. The average Bonchev–Trinajstić information content (AvgIpc) is 3.35. The minimum atomic E-state index is -1.85. The van der Waals surface area contributed by atoms with Crippen LogP contribution in [0.5, 0.6) is 0 Å². The standard InChI is InChI=1S/C52H89NO22/c1-13-34-31(23-67-50-47(66-12)46(65-11)39(59)27(5)69-50)18-24(2)14-15-32(56)25(3)19-30(16-17-54)43(26(4)33(57)20-36(58)71-34)74-51-45(75-49-42(62)41(61)40(60)35(22-55)72-49)38(53(9)10)44(28(6)70-51)73-37-21-52(8,64)48(63)29(7)68-37/h14-15,18,25-31,33-35,37-51,54-55,57,59-64H,13,16-17,19-23H2,1-12H3/p+1/b15-14+,24-18+/t25-,26+,27-,28-,29+,30+,31-,33-,34-,35-,37+,38+,39-,40-,41+,42-,43-,44-,45-,46-,47-,48+,49+,50-,51+,52-/m1/s1. The molecule has 75 heavy (non-hydrogen) atoms. The van der Waals surface area contributed by atoms with E-state index >= 15 is 0 Å². The van der Waals surface area contributed by atoms with Crippen molar-refractivity contribution in [1.82, 2.24) is 0 Å². The maximum absolute atomic E-state index is 14.1. The van der Waals surface area contributed by atoms with Crippen LogP contribution >= 0.6 is 0 Å². The number of ether oxygens (including phenoxy) is 11. The van der Waals surface area contributed by atoms with E-state index in [0.29, 0.717) is 16.9 Å². The number of cyclic esters (lactones) is 1. The van der Waals surface area contributed by atoms with Crippen LogP contribution in [0.4, 0.5) is 0 Å². The fourth-order valence-corrected chi connectivity index (χ4v) is 11.2. The molecule has 23 heteroatoms. The summed E-state index contributed by atoms with van der Waals surface area (Å²) in [6, 6.07) is -0.828. The van der Waals surface area contributed by atoms with Gasteiger partial charge in [0.15, 0.2) is 37.0 Å². The number of aliphatic hydroxyl groups is 9. The van der Waals surface area contributed by atoms with Gasteiger partial charge in [0, 0.05) is 45.0 Å². The zero-order valence-electron chi connectivity index (χ0n) is 45.7. The van der Waals surface area contributed by atoms with Crippen molar-refractivity contribution in [2.45, 2.75) is 222 Å². The number of aliphatic hydroxyl groups excluding tert-OH is 8. The molecular formula is C52H90NO22+. The molecule has 0 bridgehead atoms. The van der Waals surface area contributed by atoms with Gasteiger partial charge in [0.1, 0.15) is 67.1 Å². The topological polar surface area (TPSA) is 322 Å². The highest BCUT2D eigenvalue weighted by atomic mass is 16.8. The molecule has 0 amide bonds. The Morgan fingerprint density at radius 2 is 1.39 bits per heavy atom. The first-order chi connectivity index (χ1) is 35.3. The van der Waals surface area contributed by atoms with Gasteiger partial charge in [-0.25, -0.2) is 0 Å². The van der Waals surface area contributed by atoms with Crippen LogP contribution in [0.1, 0.15) is 87.5 Å². The van der Waals surface area contributed by atoms with E-state index in [4.69, 9.17) is 52.1 Å². The van der Waals surface area contributed by atoms with Crippen molar-refractivity contribution in [3.63, 3.8) is 0 Å². The fraction of sp³-hybridized carbons (Fsp3) is 0.885. The number of esters is 1. The second-order valence-corrected chi connectivity index (χ2v) is 21.8. The first-order valence-corrected chi connectivity index (χ1v) is 26.5. The molecule has 5 aliphatic rings. The minimum absolute atomic E-state index is 0.0483. The Labute approximate surface area is 440 Å². The van der Waals surface area contributed by atoms with Gasteiger partial charge in [-0.1, -0.05) is 38.5 Å². The molecule has 0 aromatic carbocycles. The molecule has 5 rings (SSSR count). The summed E-state index contributed by atoms with van der Waals surface area (Å²) in [4.78, 5) is 28.8. The monoisotopic (exact) mass is 1080 g/mol. The summed E-state index contributed by atoms with van der Waals surface area (Å²) in [5.41, 5.74) is -0.940. The molecule has 0 saturated carbocycles. The lowest BCUT2D eigenvalue weighted by atomic mass is 9.79. The summed E-state index contributed by atoms with van der Waals surface area (Å²) in [5.74, 6) is -3.90. The lowest BCUT2D eigenvalue weighted by Crippen LogP contribution is -3.14. The summed E-state index contributed by atoms with van der Waals surface area (Å²) >= 11 is 0. The molecule has 0 radical (unpaired) electrons. The molecule has 0 aromatic heterocycles. The van der Waals surface area contributed by atoms with E-state index in [-0.39, 0.29) is 38.3 Å². The Hall–Kier alpha value is -2.18. The number of likely N-dealkylation sites (N-methyl/N-ethyl adjacent to an activating group) is 1. The van der Waals surface area contributed by atoms with Crippen LogP contribution in [0.15, 0.2) is 23.8 Å². The number of ketones is 1. The number of carbonyl (C=O) groups excluding carboxylic acids is 2. The third kappa shape index (κ3) is 15.6. The maximum Gasteiger partial charge on any atom is 0.308 e. The predicted octanol–water partition coefficient (Wildman–Crippen LogP) is -1.97. The van der Waals surface area contributed by atoms with Crippen molar-refractivity contribution in [3.8, 4) is 0 Å². The Morgan fingerprint density at radius 1 is 0.733 bits per heavy atom. The SMILES string of the molecule is CC[C@H]1OC(=O)C[C@@H](O)[C@H](C)[C@@H](O[C@@H]2O[C@H](C)[C@@H](O[C@H]3C[C@@](C)(O)[C@@H](O)[C@H](C)O3)[C@H]([NH+](C)C)[C@H]2O[C@@H]2O[C@H](CO)[C@@H](O)[C@H](O)[C@H]2O)[C@@H](CCO)C[C@@H](C)C(=O)/C=C/C(C)=C/[C@@H]1CO[C@@H]1O[C@H](C)[C@@H](O)[C@@H](OC)[C@H]1OC. The van der Waals surface area contributed by atoms with Crippen molar-refractivity contribution in [2.24, 2.45) is 23.7 Å². The zero-order chi connectivity index (χ0) is 55.8. The van der Waals surface area contributed by atoms with Gasteiger partial charge in [0.25, 0.3) is 0 Å². The Kier molecular flexibility index (Phi) is 24.0. The number of nitrogens with one attached hydrogen (secondary N) is 1. The van der Waals surface area contributed by atoms with Crippen molar-refractivity contribution in [3.05, 3.63) is 23.8 Å². The first-order valence-electron chi connectivity index (χ1n) is 26.5. The number of carbonyl (C=O) groups is 2. The molecule has 26 atom stereocenters. The zero-order valence-corrected chi connectivity index (χ0v) is 45.7. The molecule has 0 spiro atoms. The van der Waals surface area contributed by atoms with E-state index in [9.17, 15) is 55.5 Å². The van der Waals surface area contributed by atoms with Crippen LogP contribution in [0.3, 0.4) is 0 Å². The second-order valence-electron chi connectivity index (χ2n) is 21.8. The van der Waals surface area contributed by atoms with E-state index in [1.165, 1.54) is 27.2 Å². The lowest BCUT2D eigenvalue weighted by Gasteiger charge is -2.51. The van der Waals surface area contributed by atoms with Gasteiger partial charge in [0.2, 0.25) is 0 Å². The smallest absolute Gasteiger partial charge is 0.308 e. The Bertz CT molecular complexity index is 1840. The van der Waals surface area contributed by atoms with Gasteiger partial charge in [-0.2, -0.15) is 0 Å². The maximum atomic E-state index is 14.1. The largest absolute Gasteiger partial charge is 0.462 e. The number of hydrogen-bond acceptors (Lipinski definition) is 22. The molecule has 10 N–H and O–H groups in total. The Morgan fingerprint density at radius 3 is 1.99 bits per heavy atom. The highest BCUT2D eigenvalue weighted by Gasteiger charge is 2.57. The van der Waals surface area contributed by atoms with Crippen LogP contribution in [-0.2, 0) is 61.7 Å². The summed E-state index contributed by atoms with van der Waals surface area (Å²) in [6.07, 6.45) is -18.8. The van der Waals surface area contributed by atoms with Gasteiger partial charge >= 0.3 is 5.97 Å². The number of hydrogen-bond donors (Lipinski definition) is 10. The normalized spacial score (nSPS) is 47.2. The van der Waals surface area contributed by atoms with Gasteiger partial charge in [-0.3, -0.25) is 9.59 Å². The van der Waals surface area contributed by atoms with Gasteiger partial charge in [-0.05, 0) is 65.9 Å². The van der Waals surface area contributed by atoms with Crippen LogP contribution in [0, 0.1) is 23.7 Å². The molecule has 0 unspecified atom stereocenters. The summed E-state index contributed by atoms with van der Waals surface area (Å²) < 4.78 is 68.4. The summed E-state index contributed by atoms with van der Waals surface area (Å²) in [6.45, 7) is 12.3.